The summed E-state index contributed by atoms with van der Waals surface area (Å²) in [5.74, 6) is -2.59. The first kappa shape index (κ1) is 23.1. The first-order valence-corrected chi connectivity index (χ1v) is 10.3. The van der Waals surface area contributed by atoms with E-state index < -0.39 is 42.0 Å². The number of nitrogens with zero attached hydrogens (tertiary/aromatic N) is 4. The molecule has 1 aromatic heterocycles. The van der Waals surface area contributed by atoms with E-state index in [0.717, 1.165) is 18.5 Å². The van der Waals surface area contributed by atoms with Gasteiger partial charge in [0.15, 0.2) is 18.2 Å². The summed E-state index contributed by atoms with van der Waals surface area (Å²) in [5, 5.41) is 0. The van der Waals surface area contributed by atoms with Gasteiger partial charge in [0.05, 0.1) is 12.0 Å². The molecule has 0 saturated carbocycles. The van der Waals surface area contributed by atoms with Crippen molar-refractivity contribution in [1.82, 2.24) is 9.97 Å². The minimum absolute atomic E-state index is 0.0370. The fourth-order valence-electron chi connectivity index (χ4n) is 4.48. The van der Waals surface area contributed by atoms with E-state index in [9.17, 15) is 31.1 Å². The van der Waals surface area contributed by atoms with E-state index in [1.165, 1.54) is 17.0 Å². The van der Waals surface area contributed by atoms with Gasteiger partial charge < -0.3 is 14.5 Å². The molecule has 0 radical (unpaired) electrons. The molecule has 178 valence electrons. The summed E-state index contributed by atoms with van der Waals surface area (Å²) in [6.45, 7) is -0.887. The quantitative estimate of drug-likeness (QED) is 0.622. The van der Waals surface area contributed by atoms with Crippen LogP contribution < -0.4 is 14.5 Å². The number of carbonyl (C=O) groups is 1. The van der Waals surface area contributed by atoms with Gasteiger partial charge in [0, 0.05) is 37.3 Å². The van der Waals surface area contributed by atoms with E-state index in [4.69, 9.17) is 0 Å². The highest BCUT2D eigenvalue weighted by molar-refractivity contribution is 5.96. The summed E-state index contributed by atoms with van der Waals surface area (Å²) in [6.07, 6.45) is -4.52. The molecule has 2 aliphatic rings. The van der Waals surface area contributed by atoms with E-state index in [1.54, 1.807) is 4.90 Å². The van der Waals surface area contributed by atoms with Gasteiger partial charge >= 0.3 is 6.18 Å². The lowest BCUT2D eigenvalue weighted by atomic mass is 9.77. The maximum absolute atomic E-state index is 14.4. The third-order valence-electron chi connectivity index (χ3n) is 5.91. The van der Waals surface area contributed by atoms with Crippen molar-refractivity contribution >= 4 is 17.4 Å². The van der Waals surface area contributed by atoms with Crippen LogP contribution in [0.2, 0.25) is 0 Å². The maximum atomic E-state index is 14.4. The summed E-state index contributed by atoms with van der Waals surface area (Å²) in [5.41, 5.74) is -0.790. The van der Waals surface area contributed by atoms with Crippen LogP contribution in [-0.2, 0) is 4.79 Å². The number of piperidine rings is 2. The Balaban J connectivity index is 1.53. The van der Waals surface area contributed by atoms with Crippen LogP contribution in [0.5, 0.6) is 5.88 Å². The number of halogens is 6. The molecule has 2 aliphatic heterocycles. The van der Waals surface area contributed by atoms with E-state index in [1.807, 2.05) is 0 Å². The monoisotopic (exact) mass is 474 g/mol. The summed E-state index contributed by atoms with van der Waals surface area (Å²) in [6, 6.07) is 4.42. The number of hydrogen-bond acceptors (Lipinski definition) is 5. The molecule has 1 unspecified atom stereocenters. The molecule has 1 aromatic carbocycles. The van der Waals surface area contributed by atoms with Crippen molar-refractivity contribution in [3.63, 3.8) is 0 Å². The van der Waals surface area contributed by atoms with E-state index in [-0.39, 0.29) is 24.4 Å². The van der Waals surface area contributed by atoms with Crippen LogP contribution in [0.15, 0.2) is 30.6 Å². The molecule has 4 rings (SSSR count). The molecule has 0 N–H and O–H groups in total. The highest BCUT2D eigenvalue weighted by Gasteiger charge is 2.49. The second-order valence-corrected chi connectivity index (χ2v) is 8.16. The van der Waals surface area contributed by atoms with Gasteiger partial charge in [-0.25, -0.2) is 23.1 Å². The van der Waals surface area contributed by atoms with Crippen LogP contribution >= 0.6 is 0 Å². The lowest BCUT2D eigenvalue weighted by Crippen LogP contribution is -2.62. The molecule has 33 heavy (non-hydrogen) atoms. The Labute approximate surface area is 185 Å². The van der Waals surface area contributed by atoms with Crippen LogP contribution in [-0.4, -0.2) is 53.5 Å². The van der Waals surface area contributed by atoms with Crippen LogP contribution in [0.1, 0.15) is 25.7 Å². The third-order valence-corrected chi connectivity index (χ3v) is 5.91. The van der Waals surface area contributed by atoms with Crippen molar-refractivity contribution in [1.29, 1.82) is 0 Å². The number of amides is 1. The Kier molecular flexibility index (Phi) is 6.10. The molecule has 2 saturated heterocycles. The molecule has 1 amide bonds. The smallest absolute Gasteiger partial charge is 0.422 e. The van der Waals surface area contributed by atoms with Gasteiger partial charge in [0.1, 0.15) is 18.3 Å². The van der Waals surface area contributed by atoms with E-state index in [0.29, 0.717) is 31.7 Å². The van der Waals surface area contributed by atoms with Gasteiger partial charge in [-0.1, -0.05) is 0 Å². The number of rotatable bonds is 4. The second kappa shape index (κ2) is 8.71. The van der Waals surface area contributed by atoms with Crippen LogP contribution in [0.25, 0.3) is 0 Å². The topological polar surface area (TPSA) is 58.6 Å². The maximum Gasteiger partial charge on any atom is 0.422 e. The standard InChI is InChI=1S/C21H20F6N4O2/c22-13-7-19(32)31(14-1-2-15(23)16(24)8-14)20(10-13)3-5-30(6-4-20)17-9-18(29-12-28-17)33-11-21(25,26)27/h1-2,8-9,12-13H,3-7,10-11H2. The zero-order valence-electron chi connectivity index (χ0n) is 17.3. The minimum atomic E-state index is -4.51. The van der Waals surface area contributed by atoms with Gasteiger partial charge in [0.25, 0.3) is 0 Å². The molecule has 2 aromatic rings. The first-order valence-electron chi connectivity index (χ1n) is 10.3. The van der Waals surface area contributed by atoms with Crippen molar-refractivity contribution in [3.05, 3.63) is 42.2 Å². The lowest BCUT2D eigenvalue weighted by Gasteiger charge is -2.52. The SMILES string of the molecule is O=C1CC(F)CC2(CCN(c3cc(OCC(F)(F)F)ncn3)CC2)N1c1ccc(F)c(F)c1. The lowest BCUT2D eigenvalue weighted by molar-refractivity contribution is -0.154. The Morgan fingerprint density at radius 3 is 2.48 bits per heavy atom. The van der Waals surface area contributed by atoms with Crippen molar-refractivity contribution in [2.24, 2.45) is 0 Å². The number of alkyl halides is 4. The number of hydrogen-bond donors (Lipinski definition) is 0. The molecule has 0 aliphatic carbocycles. The third kappa shape index (κ3) is 4.98. The van der Waals surface area contributed by atoms with Crippen molar-refractivity contribution < 1.29 is 35.9 Å². The number of carbonyl (C=O) groups excluding carboxylic acids is 1. The average molecular weight is 474 g/mol. The summed E-state index contributed by atoms with van der Waals surface area (Å²) in [4.78, 5) is 23.6. The molecule has 0 bridgehead atoms. The summed E-state index contributed by atoms with van der Waals surface area (Å²) >= 11 is 0. The molecule has 6 nitrogen and oxygen atoms in total. The highest BCUT2D eigenvalue weighted by Crippen LogP contribution is 2.42. The van der Waals surface area contributed by atoms with Gasteiger partial charge in [-0.15, -0.1) is 0 Å². The summed E-state index contributed by atoms with van der Waals surface area (Å²) < 4.78 is 83.6. The Morgan fingerprint density at radius 1 is 1.09 bits per heavy atom. The predicted molar refractivity (Wildman–Crippen MR) is 106 cm³/mol. The molecule has 3 heterocycles. The highest BCUT2D eigenvalue weighted by atomic mass is 19.4. The largest absolute Gasteiger partial charge is 0.468 e. The van der Waals surface area contributed by atoms with E-state index in [2.05, 4.69) is 14.7 Å². The molecule has 1 spiro atoms. The fraction of sp³-hybridized carbons (Fsp3) is 0.476. The number of benzene rings is 1. The number of anilines is 2. The van der Waals surface area contributed by atoms with Crippen molar-refractivity contribution in [3.8, 4) is 5.88 Å². The molecular weight excluding hydrogens is 454 g/mol. The van der Waals surface area contributed by atoms with Crippen molar-refractivity contribution in [2.75, 3.05) is 29.5 Å². The minimum Gasteiger partial charge on any atom is -0.468 e. The Hall–Kier alpha value is -3.05. The van der Waals surface area contributed by atoms with Crippen LogP contribution in [0.4, 0.5) is 37.8 Å². The second-order valence-electron chi connectivity index (χ2n) is 8.16. The van der Waals surface area contributed by atoms with Crippen LogP contribution in [0.3, 0.4) is 0 Å². The van der Waals surface area contributed by atoms with Crippen molar-refractivity contribution in [2.45, 2.75) is 43.6 Å². The zero-order valence-corrected chi connectivity index (χ0v) is 17.3. The Bertz CT molecular complexity index is 1030. The average Bonchev–Trinajstić information content (AvgIpc) is 2.74. The van der Waals surface area contributed by atoms with Crippen LogP contribution in [0, 0.1) is 11.6 Å². The molecular formula is C21H20F6N4O2. The van der Waals surface area contributed by atoms with E-state index >= 15 is 0 Å². The predicted octanol–water partition coefficient (Wildman–Crippen LogP) is 4.20. The van der Waals surface area contributed by atoms with Gasteiger partial charge in [0.2, 0.25) is 11.8 Å². The summed E-state index contributed by atoms with van der Waals surface area (Å²) in [7, 11) is 0. The zero-order chi connectivity index (χ0) is 23.8. The number of ether oxygens (including phenoxy) is 1. The first-order chi connectivity index (χ1) is 15.6. The number of aromatic nitrogens is 2. The Morgan fingerprint density at radius 2 is 1.82 bits per heavy atom. The fourth-order valence-corrected chi connectivity index (χ4v) is 4.48. The van der Waals surface area contributed by atoms with Gasteiger partial charge in [-0.3, -0.25) is 4.79 Å². The molecule has 12 heteroatoms. The van der Waals surface area contributed by atoms with Gasteiger partial charge in [-0.05, 0) is 25.0 Å². The molecule has 1 atom stereocenters. The normalized spacial score (nSPS) is 20.9. The molecule has 2 fully saturated rings. The van der Waals surface area contributed by atoms with Gasteiger partial charge in [-0.2, -0.15) is 13.2 Å².